The van der Waals surface area contributed by atoms with Crippen molar-refractivity contribution in [2.45, 2.75) is 26.8 Å². The van der Waals surface area contributed by atoms with Gasteiger partial charge in [-0.05, 0) is 31.0 Å². The van der Waals surface area contributed by atoms with E-state index in [1.165, 1.54) is 0 Å². The van der Waals surface area contributed by atoms with E-state index in [-0.39, 0.29) is 19.0 Å². The average Bonchev–Trinajstić information content (AvgIpc) is 2.37. The molecule has 0 fully saturated rings. The molecule has 5 heteroatoms. The number of hydrogen-bond acceptors (Lipinski definition) is 3. The Morgan fingerprint density at radius 3 is 2.55 bits per heavy atom. The fourth-order valence-corrected chi connectivity index (χ4v) is 1.98. The number of carboxylic acids is 1. The summed E-state index contributed by atoms with van der Waals surface area (Å²) in [5, 5.41) is 11.6. The molecule has 0 aliphatic heterocycles. The second kappa shape index (κ2) is 8.32. The van der Waals surface area contributed by atoms with Crippen molar-refractivity contribution in [1.82, 2.24) is 10.2 Å². The summed E-state index contributed by atoms with van der Waals surface area (Å²) in [7, 11) is 0. The van der Waals surface area contributed by atoms with Crippen LogP contribution in [-0.4, -0.2) is 41.5 Å². The number of carboxylic acid groups (broad SMARTS) is 1. The highest BCUT2D eigenvalue weighted by Crippen LogP contribution is 2.06. The molecular weight excluding hydrogens is 256 g/mol. The van der Waals surface area contributed by atoms with Gasteiger partial charge < -0.3 is 10.4 Å². The third kappa shape index (κ3) is 5.84. The van der Waals surface area contributed by atoms with Crippen LogP contribution >= 0.6 is 0 Å². The third-order valence-electron chi connectivity index (χ3n) is 3.00. The first-order valence-corrected chi connectivity index (χ1v) is 6.78. The van der Waals surface area contributed by atoms with Crippen molar-refractivity contribution in [3.05, 3.63) is 35.4 Å². The standard InChI is InChI=1S/C15H22N2O3/c1-3-8-17(11-15(19)20)10-14(18)16-9-13-7-5-4-6-12(13)2/h4-7H,3,8-11H2,1-2H3,(H,16,18)(H,19,20). The lowest BCUT2D eigenvalue weighted by Crippen LogP contribution is -2.40. The van der Waals surface area contributed by atoms with Crippen LogP contribution in [0.2, 0.25) is 0 Å². The predicted octanol–water partition coefficient (Wildman–Crippen LogP) is 1.41. The van der Waals surface area contributed by atoms with E-state index in [4.69, 9.17) is 5.11 Å². The van der Waals surface area contributed by atoms with Gasteiger partial charge in [0.05, 0.1) is 13.1 Å². The molecule has 0 aliphatic carbocycles. The Hall–Kier alpha value is -1.88. The van der Waals surface area contributed by atoms with Gasteiger partial charge in [0.15, 0.2) is 0 Å². The summed E-state index contributed by atoms with van der Waals surface area (Å²) in [5.74, 6) is -1.06. The molecule has 1 aromatic rings. The van der Waals surface area contributed by atoms with Gasteiger partial charge >= 0.3 is 5.97 Å². The Morgan fingerprint density at radius 2 is 1.95 bits per heavy atom. The lowest BCUT2D eigenvalue weighted by atomic mass is 10.1. The fourth-order valence-electron chi connectivity index (χ4n) is 1.98. The number of rotatable bonds is 8. The Kier molecular flexibility index (Phi) is 6.73. The molecule has 1 rings (SSSR count). The van der Waals surface area contributed by atoms with E-state index >= 15 is 0 Å². The average molecular weight is 278 g/mol. The molecule has 0 heterocycles. The minimum absolute atomic E-state index is 0.106. The van der Waals surface area contributed by atoms with Gasteiger partial charge in [-0.15, -0.1) is 0 Å². The zero-order valence-electron chi connectivity index (χ0n) is 12.1. The molecule has 0 aromatic heterocycles. The topological polar surface area (TPSA) is 69.6 Å². The second-order valence-electron chi connectivity index (χ2n) is 4.81. The van der Waals surface area contributed by atoms with Crippen LogP contribution in [0.25, 0.3) is 0 Å². The molecule has 1 amide bonds. The summed E-state index contributed by atoms with van der Waals surface area (Å²) < 4.78 is 0. The van der Waals surface area contributed by atoms with E-state index in [1.54, 1.807) is 4.90 Å². The van der Waals surface area contributed by atoms with Crippen LogP contribution in [0.4, 0.5) is 0 Å². The Labute approximate surface area is 119 Å². The van der Waals surface area contributed by atoms with Crippen molar-refractivity contribution >= 4 is 11.9 Å². The highest BCUT2D eigenvalue weighted by molar-refractivity contribution is 5.79. The molecule has 0 atom stereocenters. The molecule has 5 nitrogen and oxygen atoms in total. The molecule has 2 N–H and O–H groups in total. The molecule has 0 spiro atoms. The van der Waals surface area contributed by atoms with Crippen molar-refractivity contribution < 1.29 is 14.7 Å². The van der Waals surface area contributed by atoms with E-state index < -0.39 is 5.97 Å². The van der Waals surface area contributed by atoms with Crippen LogP contribution in [0.5, 0.6) is 0 Å². The molecule has 0 aliphatic rings. The number of nitrogens with one attached hydrogen (secondary N) is 1. The summed E-state index contributed by atoms with van der Waals surface area (Å²) in [6, 6.07) is 7.85. The first-order valence-electron chi connectivity index (χ1n) is 6.78. The quantitative estimate of drug-likeness (QED) is 0.754. The van der Waals surface area contributed by atoms with Crippen LogP contribution in [0.3, 0.4) is 0 Å². The monoisotopic (exact) mass is 278 g/mol. The minimum atomic E-state index is -0.912. The molecular formula is C15H22N2O3. The van der Waals surface area contributed by atoms with Crippen molar-refractivity contribution in [1.29, 1.82) is 0 Å². The van der Waals surface area contributed by atoms with Crippen LogP contribution in [0.15, 0.2) is 24.3 Å². The van der Waals surface area contributed by atoms with Crippen molar-refractivity contribution in [3.8, 4) is 0 Å². The number of nitrogens with zero attached hydrogens (tertiary/aromatic N) is 1. The van der Waals surface area contributed by atoms with Crippen LogP contribution in [0, 0.1) is 6.92 Å². The highest BCUT2D eigenvalue weighted by atomic mass is 16.4. The van der Waals surface area contributed by atoms with Crippen molar-refractivity contribution in [2.24, 2.45) is 0 Å². The van der Waals surface area contributed by atoms with Gasteiger partial charge in [0.2, 0.25) is 5.91 Å². The largest absolute Gasteiger partial charge is 0.480 e. The number of carbonyl (C=O) groups is 2. The van der Waals surface area contributed by atoms with E-state index in [0.29, 0.717) is 13.1 Å². The van der Waals surface area contributed by atoms with Crippen molar-refractivity contribution in [3.63, 3.8) is 0 Å². The summed E-state index contributed by atoms with van der Waals surface area (Å²) in [5.41, 5.74) is 2.20. The molecule has 0 bridgehead atoms. The first-order chi connectivity index (χ1) is 9.52. The minimum Gasteiger partial charge on any atom is -0.480 e. The molecule has 0 saturated carbocycles. The second-order valence-corrected chi connectivity index (χ2v) is 4.81. The number of aliphatic carboxylic acids is 1. The molecule has 0 saturated heterocycles. The Balaban J connectivity index is 2.45. The zero-order chi connectivity index (χ0) is 15.0. The van der Waals surface area contributed by atoms with Gasteiger partial charge in [0, 0.05) is 6.54 Å². The van der Waals surface area contributed by atoms with Crippen LogP contribution < -0.4 is 5.32 Å². The number of aryl methyl sites for hydroxylation is 1. The molecule has 0 radical (unpaired) electrons. The van der Waals surface area contributed by atoms with Gasteiger partial charge in [-0.3, -0.25) is 14.5 Å². The van der Waals surface area contributed by atoms with E-state index in [1.807, 2.05) is 38.1 Å². The van der Waals surface area contributed by atoms with E-state index in [9.17, 15) is 9.59 Å². The normalized spacial score (nSPS) is 10.6. The number of carbonyl (C=O) groups excluding carboxylic acids is 1. The van der Waals surface area contributed by atoms with E-state index in [2.05, 4.69) is 5.32 Å². The maximum absolute atomic E-state index is 11.8. The Morgan fingerprint density at radius 1 is 1.25 bits per heavy atom. The molecule has 0 unspecified atom stereocenters. The maximum atomic E-state index is 11.8. The molecule has 20 heavy (non-hydrogen) atoms. The predicted molar refractivity (Wildman–Crippen MR) is 77.4 cm³/mol. The van der Waals surface area contributed by atoms with Crippen molar-refractivity contribution in [2.75, 3.05) is 19.6 Å². The van der Waals surface area contributed by atoms with Gasteiger partial charge in [-0.2, -0.15) is 0 Å². The van der Waals surface area contributed by atoms with Crippen LogP contribution in [0.1, 0.15) is 24.5 Å². The summed E-state index contributed by atoms with van der Waals surface area (Å²) in [4.78, 5) is 24.2. The van der Waals surface area contributed by atoms with E-state index in [0.717, 1.165) is 17.5 Å². The molecule has 110 valence electrons. The van der Waals surface area contributed by atoms with Crippen LogP contribution in [-0.2, 0) is 16.1 Å². The number of benzene rings is 1. The van der Waals surface area contributed by atoms with Gasteiger partial charge in [-0.1, -0.05) is 31.2 Å². The maximum Gasteiger partial charge on any atom is 0.317 e. The summed E-state index contributed by atoms with van der Waals surface area (Å²) >= 11 is 0. The lowest BCUT2D eigenvalue weighted by molar-refractivity contribution is -0.138. The SMILES string of the molecule is CCCN(CC(=O)O)CC(=O)NCc1ccccc1C. The third-order valence-corrected chi connectivity index (χ3v) is 3.00. The highest BCUT2D eigenvalue weighted by Gasteiger charge is 2.13. The van der Waals surface area contributed by atoms with Gasteiger partial charge in [0.25, 0.3) is 0 Å². The molecule has 1 aromatic carbocycles. The smallest absolute Gasteiger partial charge is 0.317 e. The van der Waals surface area contributed by atoms with Gasteiger partial charge in [0.1, 0.15) is 0 Å². The Bertz CT molecular complexity index is 460. The lowest BCUT2D eigenvalue weighted by Gasteiger charge is -2.18. The van der Waals surface area contributed by atoms with Gasteiger partial charge in [-0.25, -0.2) is 0 Å². The first kappa shape index (κ1) is 16.2. The number of hydrogen-bond donors (Lipinski definition) is 2. The fraction of sp³-hybridized carbons (Fsp3) is 0.467. The summed E-state index contributed by atoms with van der Waals surface area (Å²) in [6.07, 6.45) is 0.818. The number of amides is 1. The summed E-state index contributed by atoms with van der Waals surface area (Å²) in [6.45, 7) is 5.04. The zero-order valence-corrected chi connectivity index (χ0v) is 12.1.